The summed E-state index contributed by atoms with van der Waals surface area (Å²) in [4.78, 5) is 38.9. The molecule has 4 rings (SSSR count). The molecule has 0 unspecified atom stereocenters. The standard InChI is InChI=1S/C26H35N5O3/c1-29(2)12-4-5-25(32)30-13-9-22(10-14-30)31(18-19-6-7-19)23-15-21(17-28-26(23)33)20-8-11-27-24(16-20)34-3/h4-5,8,11,15-17,19,22H,6-7,9-10,12-14,18H2,1-3H3,(H,28,33)/b5-4+. The molecule has 34 heavy (non-hydrogen) atoms. The molecule has 0 atom stereocenters. The number of aromatic amines is 1. The fraction of sp³-hybridized carbons (Fsp3) is 0.500. The lowest BCUT2D eigenvalue weighted by Gasteiger charge is -2.39. The Morgan fingerprint density at radius 1 is 1.21 bits per heavy atom. The van der Waals surface area contributed by atoms with E-state index in [9.17, 15) is 9.59 Å². The molecule has 0 aromatic carbocycles. The van der Waals surface area contributed by atoms with Crippen molar-refractivity contribution in [2.75, 3.05) is 52.3 Å². The maximum atomic E-state index is 12.9. The first-order valence-corrected chi connectivity index (χ1v) is 12.0. The van der Waals surface area contributed by atoms with Crippen LogP contribution in [-0.4, -0.2) is 79.1 Å². The summed E-state index contributed by atoms with van der Waals surface area (Å²) >= 11 is 0. The van der Waals surface area contributed by atoms with Crippen molar-refractivity contribution in [3.8, 4) is 17.0 Å². The fourth-order valence-electron chi connectivity index (χ4n) is 4.44. The minimum absolute atomic E-state index is 0.0699. The zero-order valence-corrected chi connectivity index (χ0v) is 20.4. The molecule has 1 saturated carbocycles. The van der Waals surface area contributed by atoms with E-state index in [0.717, 1.165) is 37.1 Å². The lowest BCUT2D eigenvalue weighted by atomic mass is 10.0. The molecule has 1 saturated heterocycles. The molecule has 8 heteroatoms. The third-order valence-electron chi connectivity index (χ3n) is 6.57. The number of piperidine rings is 1. The van der Waals surface area contributed by atoms with Crippen LogP contribution in [0.5, 0.6) is 5.88 Å². The number of methoxy groups -OCH3 is 1. The number of hydrogen-bond acceptors (Lipinski definition) is 6. The molecule has 1 N–H and O–H groups in total. The van der Waals surface area contributed by atoms with E-state index in [1.165, 1.54) is 12.8 Å². The largest absolute Gasteiger partial charge is 0.481 e. The van der Waals surface area contributed by atoms with Gasteiger partial charge in [-0.2, -0.15) is 0 Å². The molecule has 1 aliphatic heterocycles. The molecule has 3 heterocycles. The molecule has 0 radical (unpaired) electrons. The molecule has 0 bridgehead atoms. The first-order chi connectivity index (χ1) is 16.4. The number of likely N-dealkylation sites (tertiary alicyclic amines) is 1. The Balaban J connectivity index is 1.51. The van der Waals surface area contributed by atoms with Crippen LogP contribution in [0.2, 0.25) is 0 Å². The van der Waals surface area contributed by atoms with Gasteiger partial charge in [0.15, 0.2) is 0 Å². The minimum Gasteiger partial charge on any atom is -0.481 e. The van der Waals surface area contributed by atoms with Crippen LogP contribution in [0, 0.1) is 5.92 Å². The van der Waals surface area contributed by atoms with Crippen molar-refractivity contribution < 1.29 is 9.53 Å². The summed E-state index contributed by atoms with van der Waals surface area (Å²) in [6.45, 7) is 3.04. The van der Waals surface area contributed by atoms with E-state index < -0.39 is 0 Å². The second kappa shape index (κ2) is 10.9. The van der Waals surface area contributed by atoms with E-state index in [1.54, 1.807) is 25.6 Å². The number of ether oxygens (including phenoxy) is 1. The predicted octanol–water partition coefficient (Wildman–Crippen LogP) is 2.77. The summed E-state index contributed by atoms with van der Waals surface area (Å²) in [5.41, 5.74) is 2.50. The molecule has 1 aliphatic carbocycles. The highest BCUT2D eigenvalue weighted by molar-refractivity contribution is 5.87. The third-order valence-corrected chi connectivity index (χ3v) is 6.57. The minimum atomic E-state index is -0.0736. The summed E-state index contributed by atoms with van der Waals surface area (Å²) in [5.74, 6) is 1.25. The zero-order valence-electron chi connectivity index (χ0n) is 20.4. The fourth-order valence-corrected chi connectivity index (χ4v) is 4.44. The van der Waals surface area contributed by atoms with E-state index in [0.29, 0.717) is 30.6 Å². The molecule has 2 aromatic heterocycles. The van der Waals surface area contributed by atoms with Crippen LogP contribution in [0.1, 0.15) is 25.7 Å². The highest BCUT2D eigenvalue weighted by Gasteiger charge is 2.32. The SMILES string of the molecule is COc1cc(-c2c[nH]c(=O)c(N(CC3CC3)C3CCN(C(=O)/C=C/CN(C)C)CC3)c2)ccn1. The van der Waals surface area contributed by atoms with Gasteiger partial charge >= 0.3 is 0 Å². The van der Waals surface area contributed by atoms with Crippen molar-refractivity contribution in [3.05, 3.63) is 53.1 Å². The number of nitrogens with one attached hydrogen (secondary N) is 1. The van der Waals surface area contributed by atoms with Gasteiger partial charge in [0, 0.05) is 62.3 Å². The van der Waals surface area contributed by atoms with E-state index >= 15 is 0 Å². The van der Waals surface area contributed by atoms with E-state index in [1.807, 2.05) is 48.2 Å². The number of aromatic nitrogens is 2. The van der Waals surface area contributed by atoms with Gasteiger partial charge in [-0.3, -0.25) is 9.59 Å². The maximum absolute atomic E-state index is 12.9. The van der Waals surface area contributed by atoms with E-state index in [2.05, 4.69) is 14.9 Å². The summed E-state index contributed by atoms with van der Waals surface area (Å²) in [6.07, 6.45) is 11.2. The van der Waals surface area contributed by atoms with E-state index in [-0.39, 0.29) is 17.5 Å². The Morgan fingerprint density at radius 3 is 2.65 bits per heavy atom. The number of carbonyl (C=O) groups excluding carboxylic acids is 1. The van der Waals surface area contributed by atoms with Crippen LogP contribution in [0.25, 0.3) is 11.1 Å². The van der Waals surface area contributed by atoms with Crippen molar-refractivity contribution in [1.29, 1.82) is 0 Å². The highest BCUT2D eigenvalue weighted by Crippen LogP contribution is 2.34. The van der Waals surface area contributed by atoms with Gasteiger partial charge in [-0.25, -0.2) is 4.98 Å². The average Bonchev–Trinajstić information content (AvgIpc) is 3.67. The Morgan fingerprint density at radius 2 is 1.97 bits per heavy atom. The van der Waals surface area contributed by atoms with Crippen LogP contribution in [-0.2, 0) is 4.79 Å². The van der Waals surface area contributed by atoms with Gasteiger partial charge in [-0.05, 0) is 63.4 Å². The summed E-state index contributed by atoms with van der Waals surface area (Å²) in [5, 5.41) is 0. The number of carbonyl (C=O) groups is 1. The Hall–Kier alpha value is -3.13. The van der Waals surface area contributed by atoms with Crippen LogP contribution in [0.4, 0.5) is 5.69 Å². The number of likely N-dealkylation sites (N-methyl/N-ethyl adjacent to an activating group) is 1. The molecule has 1 amide bonds. The van der Waals surface area contributed by atoms with Crippen molar-refractivity contribution in [2.45, 2.75) is 31.7 Å². The highest BCUT2D eigenvalue weighted by atomic mass is 16.5. The molecule has 8 nitrogen and oxygen atoms in total. The van der Waals surface area contributed by atoms with Gasteiger partial charge < -0.3 is 24.4 Å². The number of anilines is 1. The van der Waals surface area contributed by atoms with Crippen molar-refractivity contribution >= 4 is 11.6 Å². The van der Waals surface area contributed by atoms with Crippen molar-refractivity contribution in [2.24, 2.45) is 5.92 Å². The zero-order chi connectivity index (χ0) is 24.1. The quantitative estimate of drug-likeness (QED) is 0.574. The van der Waals surface area contributed by atoms with Crippen molar-refractivity contribution in [3.63, 3.8) is 0 Å². The van der Waals surface area contributed by atoms with Gasteiger partial charge in [0.1, 0.15) is 5.69 Å². The van der Waals surface area contributed by atoms with Crippen LogP contribution in [0.3, 0.4) is 0 Å². The van der Waals surface area contributed by atoms with Gasteiger partial charge in [0.2, 0.25) is 11.8 Å². The Labute approximate surface area is 201 Å². The second-order valence-electron chi connectivity index (χ2n) is 9.51. The lowest BCUT2D eigenvalue weighted by Crippen LogP contribution is -2.48. The summed E-state index contributed by atoms with van der Waals surface area (Å²) in [7, 11) is 5.56. The Kier molecular flexibility index (Phi) is 7.67. The molecule has 2 aliphatic rings. The Bertz CT molecular complexity index is 1070. The van der Waals surface area contributed by atoms with Gasteiger partial charge in [0.05, 0.1) is 7.11 Å². The first-order valence-electron chi connectivity index (χ1n) is 12.0. The molecule has 0 spiro atoms. The third kappa shape index (κ3) is 6.05. The smallest absolute Gasteiger partial charge is 0.271 e. The van der Waals surface area contributed by atoms with E-state index in [4.69, 9.17) is 4.74 Å². The topological polar surface area (TPSA) is 81.8 Å². The number of H-pyrrole nitrogens is 1. The van der Waals surface area contributed by atoms with Crippen LogP contribution >= 0.6 is 0 Å². The molecule has 2 aromatic rings. The monoisotopic (exact) mass is 465 g/mol. The summed E-state index contributed by atoms with van der Waals surface area (Å²) < 4.78 is 5.27. The summed E-state index contributed by atoms with van der Waals surface area (Å²) in [6, 6.07) is 6.01. The van der Waals surface area contributed by atoms with Crippen molar-refractivity contribution in [1.82, 2.24) is 19.8 Å². The molecular weight excluding hydrogens is 430 g/mol. The average molecular weight is 466 g/mol. The number of pyridine rings is 2. The molecular formula is C26H35N5O3. The number of hydrogen-bond donors (Lipinski definition) is 1. The molecule has 182 valence electrons. The number of rotatable bonds is 9. The number of amides is 1. The number of nitrogens with zero attached hydrogens (tertiary/aromatic N) is 4. The van der Waals surface area contributed by atoms with Crippen LogP contribution < -0.4 is 15.2 Å². The second-order valence-corrected chi connectivity index (χ2v) is 9.51. The van der Waals surface area contributed by atoms with Gasteiger partial charge in [0.25, 0.3) is 5.56 Å². The predicted molar refractivity (Wildman–Crippen MR) is 134 cm³/mol. The van der Waals surface area contributed by atoms with Gasteiger partial charge in [-0.15, -0.1) is 0 Å². The molecule has 2 fully saturated rings. The van der Waals surface area contributed by atoms with Crippen LogP contribution in [0.15, 0.2) is 47.5 Å². The first kappa shape index (κ1) is 24.0. The maximum Gasteiger partial charge on any atom is 0.271 e. The normalized spacial score (nSPS) is 16.9. The lowest BCUT2D eigenvalue weighted by molar-refractivity contribution is -0.127. The van der Waals surface area contributed by atoms with Gasteiger partial charge in [-0.1, -0.05) is 6.08 Å².